The Labute approximate surface area is 311 Å². The van der Waals surface area contributed by atoms with Gasteiger partial charge in [-0.3, -0.25) is 0 Å². The zero-order valence-corrected chi connectivity index (χ0v) is 31.2. The summed E-state index contributed by atoms with van der Waals surface area (Å²) in [7, 11) is 0. The summed E-state index contributed by atoms with van der Waals surface area (Å²) < 4.78 is 22.9. The Kier molecular flexibility index (Phi) is 18.1. The molecule has 0 bridgehead atoms. The van der Waals surface area contributed by atoms with Gasteiger partial charge in [0, 0.05) is 0 Å². The van der Waals surface area contributed by atoms with E-state index in [1.807, 2.05) is 48.6 Å². The van der Waals surface area contributed by atoms with Crippen LogP contribution in [-0.4, -0.2) is 25.2 Å². The van der Waals surface area contributed by atoms with Crippen molar-refractivity contribution in [3.8, 4) is 23.0 Å². The van der Waals surface area contributed by atoms with Gasteiger partial charge in [0.05, 0.1) is 24.3 Å². The fraction of sp³-hybridized carbons (Fsp3) is 0.391. The first-order chi connectivity index (χ1) is 25.5. The highest BCUT2D eigenvalue weighted by molar-refractivity contribution is 5.92. The molecule has 0 radical (unpaired) electrons. The van der Waals surface area contributed by atoms with E-state index in [1.165, 1.54) is 77.0 Å². The molecule has 4 rings (SSSR count). The minimum Gasteiger partial charge on any atom is -0.494 e. The van der Waals surface area contributed by atoms with Crippen molar-refractivity contribution in [3.05, 3.63) is 119 Å². The largest absolute Gasteiger partial charge is 0.494 e. The molecule has 276 valence electrons. The van der Waals surface area contributed by atoms with E-state index in [4.69, 9.17) is 18.9 Å². The third kappa shape index (κ3) is 15.2. The van der Waals surface area contributed by atoms with Crippen LogP contribution >= 0.6 is 0 Å². The summed E-state index contributed by atoms with van der Waals surface area (Å²) >= 11 is 0. The molecular formula is C46H56O6. The standard InChI is InChI=1S/C46H56O6/c1-3-5-7-9-10-11-12-13-14-16-34-49-41-30-24-39(25-31-41)45(47)52-43-32-26-40(27-33-43)46(48)51-42-28-22-37(23-29-42)20-21-38-18-17-19-44(36-38)50-35-15-8-6-4-2/h17-33,36H,3-16,34-35H2,1-2H3/b21-20+. The minimum atomic E-state index is -0.499. The quantitative estimate of drug-likeness (QED) is 0.0313. The van der Waals surface area contributed by atoms with Crippen LogP contribution in [0.15, 0.2) is 97.1 Å². The molecule has 0 aliphatic heterocycles. The summed E-state index contributed by atoms with van der Waals surface area (Å²) in [5, 5.41) is 0. The van der Waals surface area contributed by atoms with Crippen molar-refractivity contribution >= 4 is 24.1 Å². The molecular weight excluding hydrogens is 648 g/mol. The summed E-state index contributed by atoms with van der Waals surface area (Å²) in [4.78, 5) is 25.5. The molecule has 4 aromatic carbocycles. The van der Waals surface area contributed by atoms with Gasteiger partial charge in [0.2, 0.25) is 0 Å². The average Bonchev–Trinajstić information content (AvgIpc) is 3.17. The van der Waals surface area contributed by atoms with Crippen molar-refractivity contribution in [1.82, 2.24) is 0 Å². The summed E-state index contributed by atoms with van der Waals surface area (Å²) in [5.41, 5.74) is 2.79. The molecule has 0 atom stereocenters. The highest BCUT2D eigenvalue weighted by Gasteiger charge is 2.12. The normalized spacial score (nSPS) is 11.0. The van der Waals surface area contributed by atoms with Crippen LogP contribution in [0.4, 0.5) is 0 Å². The predicted molar refractivity (Wildman–Crippen MR) is 212 cm³/mol. The van der Waals surface area contributed by atoms with Gasteiger partial charge in [0.1, 0.15) is 23.0 Å². The second-order valence-corrected chi connectivity index (χ2v) is 13.2. The van der Waals surface area contributed by atoms with Crippen LogP contribution in [0, 0.1) is 0 Å². The van der Waals surface area contributed by atoms with E-state index < -0.39 is 11.9 Å². The van der Waals surface area contributed by atoms with Gasteiger partial charge in [-0.25, -0.2) is 9.59 Å². The summed E-state index contributed by atoms with van der Waals surface area (Å²) in [6, 6.07) is 28.7. The molecule has 0 spiro atoms. The van der Waals surface area contributed by atoms with E-state index in [0.29, 0.717) is 29.2 Å². The van der Waals surface area contributed by atoms with E-state index in [9.17, 15) is 9.59 Å². The van der Waals surface area contributed by atoms with E-state index in [0.717, 1.165) is 42.1 Å². The molecule has 0 saturated heterocycles. The summed E-state index contributed by atoms with van der Waals surface area (Å²) in [6.45, 7) is 5.86. The molecule has 0 heterocycles. The van der Waals surface area contributed by atoms with Gasteiger partial charge in [0.25, 0.3) is 0 Å². The zero-order chi connectivity index (χ0) is 36.6. The third-order valence-electron chi connectivity index (χ3n) is 8.84. The molecule has 0 aliphatic rings. The summed E-state index contributed by atoms with van der Waals surface area (Å²) in [5.74, 6) is 1.40. The topological polar surface area (TPSA) is 71.1 Å². The highest BCUT2D eigenvalue weighted by Crippen LogP contribution is 2.21. The Bertz CT molecular complexity index is 1620. The van der Waals surface area contributed by atoms with E-state index in [-0.39, 0.29) is 0 Å². The van der Waals surface area contributed by atoms with Crippen LogP contribution in [-0.2, 0) is 0 Å². The molecule has 0 saturated carbocycles. The lowest BCUT2D eigenvalue weighted by Gasteiger charge is -2.08. The van der Waals surface area contributed by atoms with Crippen molar-refractivity contribution in [2.24, 2.45) is 0 Å². The Morgan fingerprint density at radius 3 is 1.40 bits per heavy atom. The van der Waals surface area contributed by atoms with Crippen LogP contribution in [0.5, 0.6) is 23.0 Å². The van der Waals surface area contributed by atoms with Gasteiger partial charge < -0.3 is 18.9 Å². The Morgan fingerprint density at radius 1 is 0.442 bits per heavy atom. The number of esters is 2. The third-order valence-corrected chi connectivity index (χ3v) is 8.84. The van der Waals surface area contributed by atoms with Gasteiger partial charge in [-0.2, -0.15) is 0 Å². The van der Waals surface area contributed by atoms with Crippen molar-refractivity contribution in [2.75, 3.05) is 13.2 Å². The number of hydrogen-bond acceptors (Lipinski definition) is 6. The van der Waals surface area contributed by atoms with Crippen molar-refractivity contribution in [2.45, 2.75) is 104 Å². The zero-order valence-electron chi connectivity index (χ0n) is 31.2. The maximum Gasteiger partial charge on any atom is 0.343 e. The number of carbonyl (C=O) groups is 2. The molecule has 0 N–H and O–H groups in total. The molecule has 0 aromatic heterocycles. The molecule has 0 aliphatic carbocycles. The number of ether oxygens (including phenoxy) is 4. The fourth-order valence-corrected chi connectivity index (χ4v) is 5.72. The van der Waals surface area contributed by atoms with E-state index >= 15 is 0 Å². The Morgan fingerprint density at radius 2 is 0.865 bits per heavy atom. The second-order valence-electron chi connectivity index (χ2n) is 13.2. The fourth-order valence-electron chi connectivity index (χ4n) is 5.72. The maximum atomic E-state index is 12.8. The summed E-state index contributed by atoms with van der Waals surface area (Å²) in [6.07, 6.45) is 21.6. The number of benzene rings is 4. The van der Waals surface area contributed by atoms with Crippen LogP contribution in [0.25, 0.3) is 12.2 Å². The lowest BCUT2D eigenvalue weighted by atomic mass is 10.1. The lowest BCUT2D eigenvalue weighted by molar-refractivity contribution is 0.0730. The van der Waals surface area contributed by atoms with Crippen molar-refractivity contribution in [3.63, 3.8) is 0 Å². The average molecular weight is 705 g/mol. The van der Waals surface area contributed by atoms with Gasteiger partial charge in [-0.1, -0.05) is 127 Å². The molecule has 0 fully saturated rings. The smallest absolute Gasteiger partial charge is 0.343 e. The number of carbonyl (C=O) groups excluding carboxylic acids is 2. The van der Waals surface area contributed by atoms with Crippen molar-refractivity contribution < 1.29 is 28.5 Å². The first-order valence-corrected chi connectivity index (χ1v) is 19.3. The second kappa shape index (κ2) is 23.6. The van der Waals surface area contributed by atoms with Gasteiger partial charge in [0.15, 0.2) is 0 Å². The first kappa shape index (κ1) is 39.9. The van der Waals surface area contributed by atoms with Gasteiger partial charge in [-0.15, -0.1) is 0 Å². The predicted octanol–water partition coefficient (Wildman–Crippen LogP) is 12.6. The van der Waals surface area contributed by atoms with E-state index in [1.54, 1.807) is 60.7 Å². The van der Waals surface area contributed by atoms with Gasteiger partial charge >= 0.3 is 11.9 Å². The number of unbranched alkanes of at least 4 members (excludes halogenated alkanes) is 12. The van der Waals surface area contributed by atoms with Crippen LogP contribution in [0.3, 0.4) is 0 Å². The van der Waals surface area contributed by atoms with Crippen LogP contribution in [0.2, 0.25) is 0 Å². The molecule has 0 unspecified atom stereocenters. The highest BCUT2D eigenvalue weighted by atomic mass is 16.5. The molecule has 0 amide bonds. The number of hydrogen-bond donors (Lipinski definition) is 0. The molecule has 6 nitrogen and oxygen atoms in total. The Balaban J connectivity index is 1.15. The molecule has 52 heavy (non-hydrogen) atoms. The SMILES string of the molecule is CCCCCCCCCCCCOc1ccc(C(=O)Oc2ccc(C(=O)Oc3ccc(/C=C/c4cccc(OCCCCCC)c4)cc3)cc2)cc1. The van der Waals surface area contributed by atoms with Crippen LogP contribution in [0.1, 0.15) is 136 Å². The van der Waals surface area contributed by atoms with Crippen molar-refractivity contribution in [1.29, 1.82) is 0 Å². The number of rotatable bonds is 24. The Hall–Kier alpha value is -4.84. The molecule has 6 heteroatoms. The monoisotopic (exact) mass is 704 g/mol. The lowest BCUT2D eigenvalue weighted by Crippen LogP contribution is -2.10. The maximum absolute atomic E-state index is 12.8. The first-order valence-electron chi connectivity index (χ1n) is 19.3. The van der Waals surface area contributed by atoms with Crippen LogP contribution < -0.4 is 18.9 Å². The van der Waals surface area contributed by atoms with Gasteiger partial charge in [-0.05, 0) is 96.8 Å². The van der Waals surface area contributed by atoms with E-state index in [2.05, 4.69) is 13.8 Å². The minimum absolute atomic E-state index is 0.336. The molecule has 4 aromatic rings.